The number of carbonyl (C=O) groups is 11. The topological polar surface area (TPSA) is 335 Å². The van der Waals surface area contributed by atoms with Crippen LogP contribution in [0.4, 0.5) is 0 Å². The van der Waals surface area contributed by atoms with E-state index in [-0.39, 0.29) is 56.3 Å². The third-order valence-electron chi connectivity index (χ3n) is 15.7. The van der Waals surface area contributed by atoms with Gasteiger partial charge in [0.05, 0.1) is 0 Å². The van der Waals surface area contributed by atoms with E-state index in [4.69, 9.17) is 10.5 Å². The lowest BCUT2D eigenvalue weighted by Gasteiger charge is -2.33. The normalized spacial score (nSPS) is 23.8. The summed E-state index contributed by atoms with van der Waals surface area (Å²) in [5.41, 5.74) is 6.33. The Bertz CT molecular complexity index is 2450. The van der Waals surface area contributed by atoms with E-state index >= 15 is 0 Å². The van der Waals surface area contributed by atoms with Crippen molar-refractivity contribution in [1.29, 1.82) is 0 Å². The molecule has 84 heavy (non-hydrogen) atoms. The summed E-state index contributed by atoms with van der Waals surface area (Å²) in [5, 5.41) is 24.7. The molecule has 2 heterocycles. The minimum Gasteiger partial charge on any atom is -0.458 e. The number of cyclic esters (lactones) is 1. The van der Waals surface area contributed by atoms with Crippen molar-refractivity contribution in [2.24, 2.45) is 41.2 Å². The molecule has 0 unspecified atom stereocenters. The standard InChI is InChI=1S/C61H99N11O12/c1-15-37(12)49(69-53(75)42(27-22-30-62)64-55(77)44-28-23-31-72(44)60(82)47(35(8)9)66-45(73)29-21-24-33(4)5)58(80)71-51-39(14)84-61(83)48(36(10)11)68-52(74)41(17-3)63-54(76)43(32-40-25-19-18-20-26-40)65-56(78)46(34(6)7)67-57(79)50(38(13)16-2)70-59(51)81/h17-20,25-26,33-39,42-44,46-51H,15-16,21-24,27-32,62H2,1-14H3,(H,63,76)(H,64,77)(H,65,78)(H,66,73)(H,67,79)(H,68,74)(H,69,75)(H,70,81)(H,71,80)/b41-17-/t37-,38-,39+,42+,43+,44-,46-,47-,48+,49-,50-,51-/m1/s1. The van der Waals surface area contributed by atoms with Crippen molar-refractivity contribution in [3.05, 3.63) is 47.7 Å². The fourth-order valence-corrected chi connectivity index (χ4v) is 9.93. The lowest BCUT2D eigenvalue weighted by atomic mass is 9.95. The van der Waals surface area contributed by atoms with Gasteiger partial charge in [-0.2, -0.15) is 0 Å². The molecule has 12 atom stereocenters. The zero-order chi connectivity index (χ0) is 63.1. The summed E-state index contributed by atoms with van der Waals surface area (Å²) in [4.78, 5) is 158. The molecule has 23 heteroatoms. The van der Waals surface area contributed by atoms with Crippen LogP contribution in [0.1, 0.15) is 160 Å². The summed E-state index contributed by atoms with van der Waals surface area (Å²) in [6.45, 7) is 24.6. The second-order valence-electron chi connectivity index (χ2n) is 24.0. The third-order valence-corrected chi connectivity index (χ3v) is 15.7. The summed E-state index contributed by atoms with van der Waals surface area (Å²) in [7, 11) is 0. The highest BCUT2D eigenvalue weighted by Gasteiger charge is 2.43. The van der Waals surface area contributed by atoms with Gasteiger partial charge in [0.25, 0.3) is 5.91 Å². The first-order chi connectivity index (χ1) is 39.6. The van der Waals surface area contributed by atoms with Gasteiger partial charge in [0.15, 0.2) is 0 Å². The molecule has 1 aromatic carbocycles. The fourth-order valence-electron chi connectivity index (χ4n) is 9.93. The predicted octanol–water partition coefficient (Wildman–Crippen LogP) is 2.69. The van der Waals surface area contributed by atoms with Gasteiger partial charge < -0.3 is 63.2 Å². The van der Waals surface area contributed by atoms with Gasteiger partial charge in [-0.25, -0.2) is 4.79 Å². The van der Waals surface area contributed by atoms with E-state index in [1.165, 1.54) is 24.8 Å². The molecule has 0 aliphatic carbocycles. The maximum Gasteiger partial charge on any atom is 0.329 e. The number of amides is 10. The Labute approximate surface area is 497 Å². The van der Waals surface area contributed by atoms with E-state index in [1.807, 2.05) is 13.8 Å². The largest absolute Gasteiger partial charge is 0.458 e. The van der Waals surface area contributed by atoms with Crippen LogP contribution < -0.4 is 53.6 Å². The van der Waals surface area contributed by atoms with Gasteiger partial charge in [-0.05, 0) is 93.6 Å². The Balaban J connectivity index is 2.06. The van der Waals surface area contributed by atoms with Crippen molar-refractivity contribution in [3.8, 4) is 0 Å². The molecule has 11 N–H and O–H groups in total. The molecule has 2 fully saturated rings. The Morgan fingerprint density at radius 2 is 1.36 bits per heavy atom. The van der Waals surface area contributed by atoms with E-state index in [1.54, 1.807) is 85.7 Å². The Hall–Kier alpha value is -6.91. The third kappa shape index (κ3) is 21.3. The first-order valence-corrected chi connectivity index (χ1v) is 30.2. The first kappa shape index (κ1) is 71.4. The summed E-state index contributed by atoms with van der Waals surface area (Å²) < 4.78 is 5.94. The molecule has 3 rings (SSSR count). The number of hydrogen-bond donors (Lipinski definition) is 10. The number of benzene rings is 1. The Morgan fingerprint density at radius 3 is 1.93 bits per heavy atom. The monoisotopic (exact) mass is 1180 g/mol. The van der Waals surface area contributed by atoms with Gasteiger partial charge in [-0.3, -0.25) is 47.9 Å². The van der Waals surface area contributed by atoms with Gasteiger partial charge in [-0.15, -0.1) is 0 Å². The van der Waals surface area contributed by atoms with Crippen LogP contribution in [-0.2, 0) is 63.9 Å². The summed E-state index contributed by atoms with van der Waals surface area (Å²) in [5.74, 6) is -10.4. The molecule has 0 saturated carbocycles. The number of allylic oxidation sites excluding steroid dienone is 1. The van der Waals surface area contributed by atoms with Crippen molar-refractivity contribution in [3.63, 3.8) is 0 Å². The molecule has 0 radical (unpaired) electrons. The van der Waals surface area contributed by atoms with E-state index in [2.05, 4.69) is 61.7 Å². The average molecular weight is 1180 g/mol. The highest BCUT2D eigenvalue weighted by molar-refractivity contribution is 6.02. The molecule has 2 aliphatic heterocycles. The molecule has 1 aromatic rings. The highest BCUT2D eigenvalue weighted by Crippen LogP contribution is 2.22. The number of ether oxygens (including phenoxy) is 1. The number of rotatable bonds is 24. The number of hydrogen-bond acceptors (Lipinski definition) is 13. The molecule has 2 saturated heterocycles. The SMILES string of the molecule is C/C=C1\NC(=O)[C@H](Cc2ccccc2)NC(=O)[C@@H](C(C)C)NC(=O)[C@@H]([C@H](C)CC)NC(=O)[C@H](NC(=O)[C@H](NC(=O)[C@H](CCCN)NC(=O)[C@H]2CCCN2C(=O)[C@H](NC(=O)CCCC(C)C)C(C)C)[C@H](C)CC)[C@H](C)OC(=O)[C@H](C(C)C)NC1=O. The second kappa shape index (κ2) is 34.8. The molecular formula is C61H99N11O12. The van der Waals surface area contributed by atoms with Crippen molar-refractivity contribution in [1.82, 2.24) is 52.8 Å². The van der Waals surface area contributed by atoms with E-state index in [9.17, 15) is 52.7 Å². The quantitative estimate of drug-likeness (QED) is 0.0527. The number of likely N-dealkylation sites (tertiary alicyclic amines) is 1. The van der Waals surface area contributed by atoms with Crippen LogP contribution in [0.25, 0.3) is 0 Å². The Kier molecular flexibility index (Phi) is 29.5. The molecule has 10 amide bonds. The lowest BCUT2D eigenvalue weighted by Crippen LogP contribution is -2.64. The minimum atomic E-state index is -1.76. The van der Waals surface area contributed by atoms with Gasteiger partial charge >= 0.3 is 5.97 Å². The Morgan fingerprint density at radius 1 is 0.726 bits per heavy atom. The van der Waals surface area contributed by atoms with Crippen LogP contribution in [0.15, 0.2) is 42.1 Å². The second-order valence-corrected chi connectivity index (χ2v) is 24.0. The smallest absolute Gasteiger partial charge is 0.329 e. The molecular weight excluding hydrogens is 1080 g/mol. The molecule has 0 spiro atoms. The van der Waals surface area contributed by atoms with Crippen LogP contribution in [0, 0.1) is 35.5 Å². The summed E-state index contributed by atoms with van der Waals surface area (Å²) >= 11 is 0. The maximum atomic E-state index is 14.9. The van der Waals surface area contributed by atoms with Crippen molar-refractivity contribution < 1.29 is 57.5 Å². The van der Waals surface area contributed by atoms with Gasteiger partial charge in [-0.1, -0.05) is 139 Å². The van der Waals surface area contributed by atoms with Gasteiger partial charge in [0.2, 0.25) is 53.2 Å². The number of nitrogens with two attached hydrogens (primary N) is 1. The van der Waals surface area contributed by atoms with Crippen LogP contribution in [0.2, 0.25) is 0 Å². The van der Waals surface area contributed by atoms with Gasteiger partial charge in [0.1, 0.15) is 66.2 Å². The van der Waals surface area contributed by atoms with Crippen LogP contribution in [0.3, 0.4) is 0 Å². The summed E-state index contributed by atoms with van der Waals surface area (Å²) in [6, 6.07) is -2.66. The molecule has 0 aromatic heterocycles. The van der Waals surface area contributed by atoms with E-state index < -0.39 is 143 Å². The molecule has 2 aliphatic rings. The van der Waals surface area contributed by atoms with Crippen LogP contribution in [0.5, 0.6) is 0 Å². The van der Waals surface area contributed by atoms with Crippen molar-refractivity contribution in [2.75, 3.05) is 13.1 Å². The fraction of sp³-hybridized carbons (Fsp3) is 0.689. The van der Waals surface area contributed by atoms with E-state index in [0.717, 1.165) is 6.42 Å². The van der Waals surface area contributed by atoms with Gasteiger partial charge in [0, 0.05) is 19.4 Å². The van der Waals surface area contributed by atoms with Crippen LogP contribution in [-0.4, -0.2) is 144 Å². The minimum absolute atomic E-state index is 0.00934. The van der Waals surface area contributed by atoms with Crippen LogP contribution >= 0.6 is 0 Å². The highest BCUT2D eigenvalue weighted by atomic mass is 16.5. The molecule has 23 nitrogen and oxygen atoms in total. The predicted molar refractivity (Wildman–Crippen MR) is 318 cm³/mol. The average Bonchev–Trinajstić information content (AvgIpc) is 3.91. The van der Waals surface area contributed by atoms with E-state index in [0.29, 0.717) is 43.6 Å². The van der Waals surface area contributed by atoms with Crippen molar-refractivity contribution in [2.45, 2.75) is 222 Å². The number of nitrogens with zero attached hydrogens (tertiary/aromatic N) is 1. The number of carbonyl (C=O) groups excluding carboxylic acids is 11. The zero-order valence-corrected chi connectivity index (χ0v) is 52.1. The molecule has 0 bridgehead atoms. The number of nitrogens with one attached hydrogen (secondary N) is 9. The lowest BCUT2D eigenvalue weighted by molar-refractivity contribution is -0.157. The first-order valence-electron chi connectivity index (χ1n) is 30.2. The summed E-state index contributed by atoms with van der Waals surface area (Å²) in [6.07, 6.45) is 3.33. The zero-order valence-electron chi connectivity index (χ0n) is 52.1. The molecule has 470 valence electrons. The maximum absolute atomic E-state index is 14.9. The number of esters is 1. The van der Waals surface area contributed by atoms with Crippen molar-refractivity contribution >= 4 is 65.0 Å².